The molecule has 0 aliphatic carbocycles. The summed E-state index contributed by atoms with van der Waals surface area (Å²) in [4.78, 5) is 35.8. The number of anilines is 2. The van der Waals surface area contributed by atoms with Crippen LogP contribution in [0, 0.1) is 6.92 Å². The van der Waals surface area contributed by atoms with Gasteiger partial charge in [0, 0.05) is 21.6 Å². The molecule has 0 saturated carbocycles. The zero-order valence-corrected chi connectivity index (χ0v) is 18.2. The van der Waals surface area contributed by atoms with Gasteiger partial charge in [-0.25, -0.2) is 0 Å². The van der Waals surface area contributed by atoms with E-state index in [1.807, 2.05) is 13.0 Å². The third-order valence-electron chi connectivity index (χ3n) is 3.82. The highest BCUT2D eigenvalue weighted by Crippen LogP contribution is 2.27. The number of methoxy groups -OCH3 is 1. The van der Waals surface area contributed by atoms with Gasteiger partial charge in [0.15, 0.2) is 6.61 Å². The van der Waals surface area contributed by atoms with Gasteiger partial charge in [-0.15, -0.1) is 0 Å². The Morgan fingerprint density at radius 1 is 1.00 bits per heavy atom. The predicted octanol–water partition coefficient (Wildman–Crippen LogP) is 4.32. The van der Waals surface area contributed by atoms with Crippen molar-refractivity contribution in [3.05, 3.63) is 51.5 Å². The molecule has 0 fully saturated rings. The Hall–Kier alpha value is -2.58. The molecule has 0 aliphatic heterocycles. The Labute approximate surface area is 181 Å². The second-order valence-corrected chi connectivity index (χ2v) is 7.41. The fourth-order valence-electron chi connectivity index (χ4n) is 2.38. The molecule has 0 heterocycles. The van der Waals surface area contributed by atoms with Crippen LogP contribution in [-0.2, 0) is 19.1 Å². The highest BCUT2D eigenvalue weighted by Gasteiger charge is 2.13. The van der Waals surface area contributed by atoms with Gasteiger partial charge in [-0.2, -0.15) is 0 Å². The molecule has 0 unspecified atom stereocenters. The monoisotopic (exact) mass is 482 g/mol. The lowest BCUT2D eigenvalue weighted by Crippen LogP contribution is -2.22. The fourth-order valence-corrected chi connectivity index (χ4v) is 3.03. The van der Waals surface area contributed by atoms with E-state index in [2.05, 4.69) is 26.6 Å². The third-order valence-corrected chi connectivity index (χ3v) is 4.55. The zero-order chi connectivity index (χ0) is 21.4. The number of benzene rings is 2. The van der Waals surface area contributed by atoms with Crippen LogP contribution in [0.15, 0.2) is 40.9 Å². The number of halogens is 2. The molecule has 9 heteroatoms. The maximum atomic E-state index is 12.0. The summed E-state index contributed by atoms with van der Waals surface area (Å²) in [5.41, 5.74) is 1.90. The van der Waals surface area contributed by atoms with Gasteiger partial charge in [0.1, 0.15) is 5.75 Å². The molecule has 0 bridgehead atoms. The van der Waals surface area contributed by atoms with Gasteiger partial charge in [-0.3, -0.25) is 14.4 Å². The van der Waals surface area contributed by atoms with Gasteiger partial charge in [0.05, 0.1) is 19.2 Å². The van der Waals surface area contributed by atoms with Crippen molar-refractivity contribution < 1.29 is 23.9 Å². The van der Waals surface area contributed by atoms with E-state index >= 15 is 0 Å². The predicted molar refractivity (Wildman–Crippen MR) is 114 cm³/mol. The molecule has 0 atom stereocenters. The van der Waals surface area contributed by atoms with Gasteiger partial charge in [-0.1, -0.05) is 27.5 Å². The van der Waals surface area contributed by atoms with Crippen molar-refractivity contribution in [1.29, 1.82) is 0 Å². The van der Waals surface area contributed by atoms with E-state index in [1.165, 1.54) is 7.11 Å². The number of rotatable bonds is 8. The molecule has 7 nitrogen and oxygen atoms in total. The summed E-state index contributed by atoms with van der Waals surface area (Å²) < 4.78 is 11.0. The molecule has 2 amide bonds. The standard InChI is InChI=1S/C20H20BrClN2O5/c1-12-9-13(21)3-5-15(12)23-19(26)11-29-20(27)8-7-18(25)24-16-10-14(22)4-6-17(16)28-2/h3-6,9-10H,7-8,11H2,1-2H3,(H,23,26)(H,24,25). The Morgan fingerprint density at radius 3 is 2.41 bits per heavy atom. The quantitative estimate of drug-likeness (QED) is 0.545. The summed E-state index contributed by atoms with van der Waals surface area (Å²) in [5, 5.41) is 5.73. The van der Waals surface area contributed by atoms with Crippen molar-refractivity contribution in [2.45, 2.75) is 19.8 Å². The smallest absolute Gasteiger partial charge is 0.306 e. The summed E-state index contributed by atoms with van der Waals surface area (Å²) in [5.74, 6) is -1.07. The van der Waals surface area contributed by atoms with Crippen LogP contribution in [0.5, 0.6) is 5.75 Å². The molecule has 2 N–H and O–H groups in total. The number of aryl methyl sites for hydroxylation is 1. The van der Waals surface area contributed by atoms with Crippen LogP contribution in [0.25, 0.3) is 0 Å². The molecule has 2 aromatic carbocycles. The van der Waals surface area contributed by atoms with E-state index in [0.717, 1.165) is 10.0 Å². The molecular weight excluding hydrogens is 464 g/mol. The van der Waals surface area contributed by atoms with Crippen molar-refractivity contribution in [1.82, 2.24) is 0 Å². The van der Waals surface area contributed by atoms with Crippen molar-refractivity contribution >= 4 is 56.7 Å². The average molecular weight is 484 g/mol. The SMILES string of the molecule is COc1ccc(Cl)cc1NC(=O)CCC(=O)OCC(=O)Nc1ccc(Br)cc1C. The number of hydrogen-bond donors (Lipinski definition) is 2. The first kappa shape index (κ1) is 22.7. The van der Waals surface area contributed by atoms with Crippen LogP contribution in [0.2, 0.25) is 5.02 Å². The minimum Gasteiger partial charge on any atom is -0.495 e. The Bertz CT molecular complexity index is 920. The average Bonchev–Trinajstić information content (AvgIpc) is 2.67. The molecule has 0 aliphatic rings. The van der Waals surface area contributed by atoms with Crippen LogP contribution in [0.4, 0.5) is 11.4 Å². The van der Waals surface area contributed by atoms with E-state index in [-0.39, 0.29) is 12.8 Å². The first-order chi connectivity index (χ1) is 13.8. The molecule has 2 rings (SSSR count). The van der Waals surface area contributed by atoms with Crippen LogP contribution < -0.4 is 15.4 Å². The van der Waals surface area contributed by atoms with Crippen LogP contribution in [-0.4, -0.2) is 31.5 Å². The topological polar surface area (TPSA) is 93.7 Å². The van der Waals surface area contributed by atoms with Gasteiger partial charge in [0.25, 0.3) is 5.91 Å². The van der Waals surface area contributed by atoms with E-state index in [1.54, 1.807) is 30.3 Å². The minimum atomic E-state index is -0.652. The summed E-state index contributed by atoms with van der Waals surface area (Å²) in [6, 6.07) is 10.2. The molecule has 0 radical (unpaired) electrons. The summed E-state index contributed by atoms with van der Waals surface area (Å²) in [6.07, 6.45) is -0.277. The van der Waals surface area contributed by atoms with Crippen molar-refractivity contribution in [2.75, 3.05) is 24.4 Å². The maximum absolute atomic E-state index is 12.0. The number of nitrogens with one attached hydrogen (secondary N) is 2. The zero-order valence-electron chi connectivity index (χ0n) is 15.9. The first-order valence-electron chi connectivity index (χ1n) is 8.63. The fraction of sp³-hybridized carbons (Fsp3) is 0.250. The van der Waals surface area contributed by atoms with Gasteiger partial charge < -0.3 is 20.1 Å². The largest absolute Gasteiger partial charge is 0.495 e. The second-order valence-electron chi connectivity index (χ2n) is 6.06. The highest BCUT2D eigenvalue weighted by atomic mass is 79.9. The lowest BCUT2D eigenvalue weighted by molar-refractivity contribution is -0.147. The number of carbonyl (C=O) groups excluding carboxylic acids is 3. The Balaban J connectivity index is 1.76. The Morgan fingerprint density at radius 2 is 1.72 bits per heavy atom. The van der Waals surface area contributed by atoms with E-state index < -0.39 is 24.4 Å². The molecule has 0 saturated heterocycles. The lowest BCUT2D eigenvalue weighted by atomic mass is 10.2. The highest BCUT2D eigenvalue weighted by molar-refractivity contribution is 9.10. The number of esters is 1. The van der Waals surface area contributed by atoms with Crippen molar-refractivity contribution in [3.63, 3.8) is 0 Å². The lowest BCUT2D eigenvalue weighted by Gasteiger charge is -2.11. The summed E-state index contributed by atoms with van der Waals surface area (Å²) in [6.45, 7) is 1.41. The molecule has 29 heavy (non-hydrogen) atoms. The van der Waals surface area contributed by atoms with Crippen LogP contribution in [0.3, 0.4) is 0 Å². The normalized spacial score (nSPS) is 10.2. The van der Waals surface area contributed by atoms with E-state index in [9.17, 15) is 14.4 Å². The van der Waals surface area contributed by atoms with E-state index in [0.29, 0.717) is 22.1 Å². The van der Waals surface area contributed by atoms with E-state index in [4.69, 9.17) is 21.1 Å². The number of amides is 2. The maximum Gasteiger partial charge on any atom is 0.306 e. The van der Waals surface area contributed by atoms with Gasteiger partial charge in [-0.05, 0) is 48.9 Å². The van der Waals surface area contributed by atoms with Crippen LogP contribution >= 0.6 is 27.5 Å². The number of hydrogen-bond acceptors (Lipinski definition) is 5. The van der Waals surface area contributed by atoms with Gasteiger partial charge in [0.2, 0.25) is 5.91 Å². The molecule has 0 spiro atoms. The van der Waals surface area contributed by atoms with Crippen molar-refractivity contribution in [2.24, 2.45) is 0 Å². The Kier molecular flexibility index (Phi) is 8.48. The summed E-state index contributed by atoms with van der Waals surface area (Å²) in [7, 11) is 1.47. The minimum absolute atomic E-state index is 0.109. The van der Waals surface area contributed by atoms with Crippen molar-refractivity contribution in [3.8, 4) is 5.75 Å². The molecule has 0 aromatic heterocycles. The first-order valence-corrected chi connectivity index (χ1v) is 9.80. The molecular formula is C20H20BrClN2O5. The second kappa shape index (κ2) is 10.8. The number of carbonyl (C=O) groups is 3. The number of ether oxygens (including phenoxy) is 2. The summed E-state index contributed by atoms with van der Waals surface area (Å²) >= 11 is 9.26. The third kappa shape index (κ3) is 7.40. The van der Waals surface area contributed by atoms with Gasteiger partial charge >= 0.3 is 5.97 Å². The molecule has 154 valence electrons. The molecule has 2 aromatic rings. The van der Waals surface area contributed by atoms with Crippen LogP contribution in [0.1, 0.15) is 18.4 Å².